The van der Waals surface area contributed by atoms with Gasteiger partial charge in [0.2, 0.25) is 0 Å². The molecule has 0 aromatic heterocycles. The monoisotopic (exact) mass is 477 g/mol. The lowest BCUT2D eigenvalue weighted by Crippen LogP contribution is -2.36. The van der Waals surface area contributed by atoms with Gasteiger partial charge in [0, 0.05) is 29.0 Å². The van der Waals surface area contributed by atoms with Gasteiger partial charge in [-0.05, 0) is 49.9 Å². The van der Waals surface area contributed by atoms with Gasteiger partial charge in [-0.1, -0.05) is 24.3 Å². The van der Waals surface area contributed by atoms with Crippen molar-refractivity contribution in [2.45, 2.75) is 38.5 Å². The Morgan fingerprint density at radius 1 is 0.971 bits per heavy atom. The number of methoxy groups -OCH3 is 3. The van der Waals surface area contributed by atoms with Crippen LogP contribution in [0.5, 0.6) is 17.2 Å². The summed E-state index contributed by atoms with van der Waals surface area (Å²) >= 11 is 0. The summed E-state index contributed by atoms with van der Waals surface area (Å²) in [4.78, 5) is 26.8. The predicted octanol–water partition coefficient (Wildman–Crippen LogP) is 4.64. The van der Waals surface area contributed by atoms with Crippen molar-refractivity contribution in [3.8, 4) is 17.2 Å². The van der Waals surface area contributed by atoms with Crippen LogP contribution in [0, 0.1) is 0 Å². The van der Waals surface area contributed by atoms with Crippen LogP contribution in [0.2, 0.25) is 0 Å². The first-order valence-corrected chi connectivity index (χ1v) is 11.7. The Balaban J connectivity index is 1.80. The zero-order valence-electron chi connectivity index (χ0n) is 20.8. The molecule has 0 spiro atoms. The molecule has 1 aliphatic carbocycles. The Morgan fingerprint density at radius 3 is 2.37 bits per heavy atom. The number of Topliss-reactive ketones (excluding diaryl/α,β-unsaturated/α-hetero) is 1. The average Bonchev–Trinajstić information content (AvgIpc) is 2.87. The highest BCUT2D eigenvalue weighted by atomic mass is 16.5. The molecule has 1 aliphatic heterocycles. The molecule has 1 heterocycles. The van der Waals surface area contributed by atoms with E-state index >= 15 is 0 Å². The first-order chi connectivity index (χ1) is 16.9. The lowest BCUT2D eigenvalue weighted by molar-refractivity contribution is -0.138. The third-order valence-corrected chi connectivity index (χ3v) is 6.65. The van der Waals surface area contributed by atoms with Crippen LogP contribution in [-0.4, -0.2) is 39.7 Å². The second-order valence-electron chi connectivity index (χ2n) is 8.59. The fourth-order valence-electron chi connectivity index (χ4n) is 5.08. The lowest BCUT2D eigenvalue weighted by Gasteiger charge is -2.37. The molecule has 0 fully saturated rings. The van der Waals surface area contributed by atoms with Crippen molar-refractivity contribution in [2.75, 3.05) is 27.9 Å². The van der Waals surface area contributed by atoms with E-state index in [0.29, 0.717) is 46.9 Å². The molecule has 0 saturated carbocycles. The molecule has 0 bridgehead atoms. The molecule has 2 atom stereocenters. The van der Waals surface area contributed by atoms with Gasteiger partial charge in [-0.3, -0.25) is 4.79 Å². The highest BCUT2D eigenvalue weighted by molar-refractivity contribution is 6.04. The van der Waals surface area contributed by atoms with E-state index in [2.05, 4.69) is 5.32 Å². The van der Waals surface area contributed by atoms with Crippen molar-refractivity contribution >= 4 is 11.8 Å². The SMILES string of the molecule is CCOC(=O)C1=C(C)NC2=C(C(=O)C[C@H](c3ccc(OC)c(OC)c3)C2)[C@H]1c1ccccc1OC. The summed E-state index contributed by atoms with van der Waals surface area (Å²) < 4.78 is 21.8. The number of hydrogen-bond donors (Lipinski definition) is 1. The first kappa shape index (κ1) is 24.4. The van der Waals surface area contributed by atoms with E-state index in [1.165, 1.54) is 0 Å². The standard InChI is InChI=1S/C28H31NO6/c1-6-35-28(31)25-16(2)29-20-13-18(17-11-12-23(33-4)24(15-17)34-5)14-21(30)27(20)26(25)19-9-7-8-10-22(19)32-3/h7-12,15,18,26,29H,6,13-14H2,1-5H3/t18-,26+/m1/s1. The van der Waals surface area contributed by atoms with Gasteiger partial charge < -0.3 is 24.3 Å². The van der Waals surface area contributed by atoms with Crippen LogP contribution < -0.4 is 19.5 Å². The lowest BCUT2D eigenvalue weighted by atomic mass is 9.71. The molecule has 0 saturated heterocycles. The molecule has 7 nitrogen and oxygen atoms in total. The van der Waals surface area contributed by atoms with Crippen molar-refractivity contribution in [1.29, 1.82) is 0 Å². The zero-order valence-corrected chi connectivity index (χ0v) is 20.8. The van der Waals surface area contributed by atoms with Crippen molar-refractivity contribution in [2.24, 2.45) is 0 Å². The number of benzene rings is 2. The normalized spacial score (nSPS) is 19.6. The van der Waals surface area contributed by atoms with Gasteiger partial charge in [0.15, 0.2) is 17.3 Å². The molecule has 0 radical (unpaired) electrons. The second kappa shape index (κ2) is 10.3. The Kier molecular flexibility index (Phi) is 7.15. The molecule has 35 heavy (non-hydrogen) atoms. The largest absolute Gasteiger partial charge is 0.496 e. The van der Waals surface area contributed by atoms with Gasteiger partial charge in [0.05, 0.1) is 39.4 Å². The van der Waals surface area contributed by atoms with Crippen LogP contribution in [-0.2, 0) is 14.3 Å². The van der Waals surface area contributed by atoms with Crippen molar-refractivity contribution in [1.82, 2.24) is 5.32 Å². The molecule has 0 amide bonds. The number of nitrogens with one attached hydrogen (secondary N) is 1. The maximum atomic E-state index is 13.7. The molecule has 2 aromatic carbocycles. The summed E-state index contributed by atoms with van der Waals surface area (Å²) in [5.74, 6) is 0.836. The second-order valence-corrected chi connectivity index (χ2v) is 8.59. The molecule has 7 heteroatoms. The van der Waals surface area contributed by atoms with Crippen molar-refractivity contribution in [3.05, 3.63) is 76.1 Å². The number of para-hydroxylation sites is 1. The van der Waals surface area contributed by atoms with E-state index in [4.69, 9.17) is 18.9 Å². The molecule has 4 rings (SSSR count). The summed E-state index contributed by atoms with van der Waals surface area (Å²) in [5.41, 5.74) is 4.30. The van der Waals surface area contributed by atoms with Gasteiger partial charge >= 0.3 is 5.97 Å². The Bertz CT molecular complexity index is 1210. The fourth-order valence-corrected chi connectivity index (χ4v) is 5.08. The van der Waals surface area contributed by atoms with Crippen molar-refractivity contribution in [3.63, 3.8) is 0 Å². The van der Waals surface area contributed by atoms with Crippen LogP contribution >= 0.6 is 0 Å². The molecular formula is C28H31NO6. The fraction of sp³-hybridized carbons (Fsp3) is 0.357. The molecule has 0 unspecified atom stereocenters. The maximum absolute atomic E-state index is 13.7. The smallest absolute Gasteiger partial charge is 0.336 e. The topological polar surface area (TPSA) is 83.1 Å². The van der Waals surface area contributed by atoms with Gasteiger partial charge in [0.25, 0.3) is 0 Å². The van der Waals surface area contributed by atoms with Crippen LogP contribution in [0.3, 0.4) is 0 Å². The highest BCUT2D eigenvalue weighted by Crippen LogP contribution is 2.48. The van der Waals surface area contributed by atoms with Crippen LogP contribution in [0.15, 0.2) is 65.0 Å². The van der Waals surface area contributed by atoms with Crippen LogP contribution in [0.4, 0.5) is 0 Å². The molecular weight excluding hydrogens is 446 g/mol. The van der Waals surface area contributed by atoms with Gasteiger partial charge in [-0.25, -0.2) is 4.79 Å². The number of dihydropyridines is 1. The number of allylic oxidation sites excluding steroid dienone is 3. The number of carbonyl (C=O) groups is 2. The summed E-state index contributed by atoms with van der Waals surface area (Å²) in [6.45, 7) is 3.87. The number of esters is 1. The quantitative estimate of drug-likeness (QED) is 0.582. The number of carbonyl (C=O) groups excluding carboxylic acids is 2. The summed E-state index contributed by atoms with van der Waals surface area (Å²) in [5, 5.41) is 3.37. The zero-order chi connectivity index (χ0) is 25.1. The molecule has 2 aromatic rings. The summed E-state index contributed by atoms with van der Waals surface area (Å²) in [6, 6.07) is 13.3. The Morgan fingerprint density at radius 2 is 1.69 bits per heavy atom. The minimum atomic E-state index is -0.569. The van der Waals surface area contributed by atoms with Crippen molar-refractivity contribution < 1.29 is 28.5 Å². The van der Waals surface area contributed by atoms with Gasteiger partial charge in [-0.2, -0.15) is 0 Å². The number of rotatable bonds is 7. The minimum absolute atomic E-state index is 0.0104. The van der Waals surface area contributed by atoms with E-state index < -0.39 is 11.9 Å². The molecule has 184 valence electrons. The van der Waals surface area contributed by atoms with E-state index in [1.54, 1.807) is 28.3 Å². The molecule has 2 aliphatic rings. The first-order valence-electron chi connectivity index (χ1n) is 11.7. The van der Waals surface area contributed by atoms with E-state index in [-0.39, 0.29) is 18.3 Å². The Hall–Kier alpha value is -3.74. The van der Waals surface area contributed by atoms with Gasteiger partial charge in [-0.15, -0.1) is 0 Å². The highest BCUT2D eigenvalue weighted by Gasteiger charge is 2.42. The van der Waals surface area contributed by atoms with Gasteiger partial charge in [0.1, 0.15) is 5.75 Å². The molecule has 1 N–H and O–H groups in total. The number of ether oxygens (including phenoxy) is 4. The van der Waals surface area contributed by atoms with E-state index in [1.807, 2.05) is 49.4 Å². The van der Waals surface area contributed by atoms with Crippen LogP contribution in [0.1, 0.15) is 49.7 Å². The van der Waals surface area contributed by atoms with Crippen LogP contribution in [0.25, 0.3) is 0 Å². The average molecular weight is 478 g/mol. The number of hydrogen-bond acceptors (Lipinski definition) is 7. The minimum Gasteiger partial charge on any atom is -0.496 e. The summed E-state index contributed by atoms with van der Waals surface area (Å²) in [6.07, 6.45) is 0.937. The maximum Gasteiger partial charge on any atom is 0.336 e. The summed E-state index contributed by atoms with van der Waals surface area (Å²) in [7, 11) is 4.78. The third kappa shape index (κ3) is 4.50. The number of ketones is 1. The predicted molar refractivity (Wildman–Crippen MR) is 132 cm³/mol. The Labute approximate surface area is 205 Å². The van der Waals surface area contributed by atoms with E-state index in [9.17, 15) is 9.59 Å². The van der Waals surface area contributed by atoms with E-state index in [0.717, 1.165) is 16.8 Å². The third-order valence-electron chi connectivity index (χ3n) is 6.65.